The van der Waals surface area contributed by atoms with E-state index in [1.165, 1.54) is 24.3 Å². The number of aryl methyl sites for hydroxylation is 1. The Bertz CT molecular complexity index is 722. The molecule has 0 atom stereocenters. The van der Waals surface area contributed by atoms with Gasteiger partial charge in [0.1, 0.15) is 5.75 Å². The van der Waals surface area contributed by atoms with Crippen LogP contribution in [0, 0.1) is 0 Å². The van der Waals surface area contributed by atoms with Gasteiger partial charge in [-0.05, 0) is 42.3 Å². The van der Waals surface area contributed by atoms with Crippen LogP contribution in [0.1, 0.15) is 24.5 Å². The van der Waals surface area contributed by atoms with Gasteiger partial charge in [0.05, 0.1) is 0 Å². The Balaban J connectivity index is 0.00000364. The highest BCUT2D eigenvalue weighted by Crippen LogP contribution is 2.23. The first-order valence-corrected chi connectivity index (χ1v) is 8.30. The number of hydrogen-bond acceptors (Lipinski definition) is 3. The molecule has 0 radical (unpaired) electrons. The lowest BCUT2D eigenvalue weighted by atomic mass is 10.1. The number of anilines is 1. The number of ether oxygens (including phenoxy) is 1. The summed E-state index contributed by atoms with van der Waals surface area (Å²) in [5.41, 5.74) is 2.51. The van der Waals surface area contributed by atoms with Gasteiger partial charge in [0.2, 0.25) is 5.91 Å². The van der Waals surface area contributed by atoms with E-state index < -0.39 is 6.36 Å². The van der Waals surface area contributed by atoms with Gasteiger partial charge < -0.3 is 15.4 Å². The van der Waals surface area contributed by atoms with E-state index in [0.29, 0.717) is 13.0 Å². The lowest BCUT2D eigenvalue weighted by Crippen LogP contribution is -2.17. The molecule has 2 aromatic carbocycles. The molecule has 27 heavy (non-hydrogen) atoms. The molecule has 2 rings (SSSR count). The van der Waals surface area contributed by atoms with Gasteiger partial charge in [-0.25, -0.2) is 0 Å². The lowest BCUT2D eigenvalue weighted by molar-refractivity contribution is -0.274. The van der Waals surface area contributed by atoms with Crippen molar-refractivity contribution in [1.82, 2.24) is 5.32 Å². The standard InChI is InChI=1S/C19H21F3N2O2.ClH/c1-2-23-13-15-5-3-4-6-17(15)24-18(25)12-9-14-7-10-16(11-8-14)26-19(20,21)22;/h3-8,10-11,23H,2,9,12-13H2,1H3,(H,24,25);1H. The van der Waals surface area contributed by atoms with Crippen LogP contribution in [-0.2, 0) is 17.8 Å². The predicted octanol–water partition coefficient (Wildman–Crippen LogP) is 4.69. The molecule has 4 nitrogen and oxygen atoms in total. The maximum atomic E-state index is 12.2. The van der Waals surface area contributed by atoms with E-state index in [1.807, 2.05) is 31.2 Å². The Morgan fingerprint density at radius 3 is 2.37 bits per heavy atom. The summed E-state index contributed by atoms with van der Waals surface area (Å²) in [6, 6.07) is 13.1. The molecule has 0 heterocycles. The van der Waals surface area contributed by atoms with Crippen LogP contribution in [0.2, 0.25) is 0 Å². The van der Waals surface area contributed by atoms with Crippen LogP contribution in [0.5, 0.6) is 5.75 Å². The molecular formula is C19H22ClF3N2O2. The van der Waals surface area contributed by atoms with Crippen molar-refractivity contribution in [3.63, 3.8) is 0 Å². The maximum absolute atomic E-state index is 12.2. The Labute approximate surface area is 162 Å². The van der Waals surface area contributed by atoms with Crippen LogP contribution < -0.4 is 15.4 Å². The smallest absolute Gasteiger partial charge is 0.406 e. The highest BCUT2D eigenvalue weighted by molar-refractivity contribution is 5.91. The second kappa shape index (κ2) is 10.8. The first-order valence-electron chi connectivity index (χ1n) is 8.30. The molecule has 0 saturated heterocycles. The summed E-state index contributed by atoms with van der Waals surface area (Å²) in [6.07, 6.45) is -4.05. The summed E-state index contributed by atoms with van der Waals surface area (Å²) in [7, 11) is 0. The summed E-state index contributed by atoms with van der Waals surface area (Å²) in [6.45, 7) is 3.50. The topological polar surface area (TPSA) is 50.4 Å². The lowest BCUT2D eigenvalue weighted by Gasteiger charge is -2.12. The van der Waals surface area contributed by atoms with Crippen LogP contribution >= 0.6 is 12.4 Å². The van der Waals surface area contributed by atoms with Crippen molar-refractivity contribution in [2.45, 2.75) is 32.7 Å². The third kappa shape index (κ3) is 8.32. The average Bonchev–Trinajstić information content (AvgIpc) is 2.59. The summed E-state index contributed by atoms with van der Waals surface area (Å²) >= 11 is 0. The number of carbonyl (C=O) groups excluding carboxylic acids is 1. The molecule has 0 bridgehead atoms. The first kappa shape index (κ1) is 22.8. The minimum Gasteiger partial charge on any atom is -0.406 e. The number of rotatable bonds is 8. The number of nitrogens with one attached hydrogen (secondary N) is 2. The summed E-state index contributed by atoms with van der Waals surface area (Å²) in [4.78, 5) is 12.2. The monoisotopic (exact) mass is 402 g/mol. The Hall–Kier alpha value is -2.25. The van der Waals surface area contributed by atoms with Gasteiger partial charge in [0, 0.05) is 18.7 Å². The largest absolute Gasteiger partial charge is 0.573 e. The third-order valence-electron chi connectivity index (χ3n) is 3.65. The van der Waals surface area contributed by atoms with E-state index >= 15 is 0 Å². The number of para-hydroxylation sites is 1. The molecule has 2 N–H and O–H groups in total. The molecule has 8 heteroatoms. The van der Waals surface area contributed by atoms with Gasteiger partial charge >= 0.3 is 6.36 Å². The molecule has 0 aliphatic rings. The fraction of sp³-hybridized carbons (Fsp3) is 0.316. The Kier molecular flexibility index (Phi) is 9.11. The minimum absolute atomic E-state index is 0. The third-order valence-corrected chi connectivity index (χ3v) is 3.65. The van der Waals surface area contributed by atoms with Crippen LogP contribution in [0.15, 0.2) is 48.5 Å². The van der Waals surface area contributed by atoms with Crippen molar-refractivity contribution in [2.75, 3.05) is 11.9 Å². The summed E-state index contributed by atoms with van der Waals surface area (Å²) < 4.78 is 40.2. The Morgan fingerprint density at radius 2 is 1.74 bits per heavy atom. The molecule has 1 amide bonds. The zero-order chi connectivity index (χ0) is 19.0. The Morgan fingerprint density at radius 1 is 1.07 bits per heavy atom. The first-order chi connectivity index (χ1) is 12.4. The van der Waals surface area contributed by atoms with Crippen LogP contribution in [-0.4, -0.2) is 18.8 Å². The highest BCUT2D eigenvalue weighted by atomic mass is 35.5. The van der Waals surface area contributed by atoms with Gasteiger partial charge in [0.15, 0.2) is 0 Å². The minimum atomic E-state index is -4.71. The SMILES string of the molecule is CCNCc1ccccc1NC(=O)CCc1ccc(OC(F)(F)F)cc1.Cl. The number of alkyl halides is 3. The molecule has 0 fully saturated rings. The van der Waals surface area contributed by atoms with Crippen molar-refractivity contribution in [3.8, 4) is 5.75 Å². The fourth-order valence-electron chi connectivity index (χ4n) is 2.38. The van der Waals surface area contributed by atoms with Gasteiger partial charge in [0.25, 0.3) is 0 Å². The van der Waals surface area contributed by atoms with Crippen LogP contribution in [0.25, 0.3) is 0 Å². The van der Waals surface area contributed by atoms with E-state index in [0.717, 1.165) is 23.4 Å². The molecule has 0 aromatic heterocycles. The number of halogens is 4. The van der Waals surface area contributed by atoms with Gasteiger partial charge in [-0.15, -0.1) is 25.6 Å². The van der Waals surface area contributed by atoms with Crippen molar-refractivity contribution >= 4 is 24.0 Å². The van der Waals surface area contributed by atoms with Gasteiger partial charge in [-0.1, -0.05) is 37.3 Å². The highest BCUT2D eigenvalue weighted by Gasteiger charge is 2.30. The zero-order valence-corrected chi connectivity index (χ0v) is 15.6. The normalized spacial score (nSPS) is 10.8. The van der Waals surface area contributed by atoms with E-state index in [9.17, 15) is 18.0 Å². The van der Waals surface area contributed by atoms with Crippen LogP contribution in [0.3, 0.4) is 0 Å². The number of amides is 1. The number of benzene rings is 2. The predicted molar refractivity (Wildman–Crippen MR) is 101 cm³/mol. The quantitative estimate of drug-likeness (QED) is 0.673. The van der Waals surface area contributed by atoms with Crippen molar-refractivity contribution in [3.05, 3.63) is 59.7 Å². The molecule has 0 spiro atoms. The van der Waals surface area contributed by atoms with Gasteiger partial charge in [-0.3, -0.25) is 4.79 Å². The molecule has 0 saturated carbocycles. The molecule has 0 aliphatic heterocycles. The second-order valence-corrected chi connectivity index (χ2v) is 5.68. The second-order valence-electron chi connectivity index (χ2n) is 5.68. The molecule has 2 aromatic rings. The van der Waals surface area contributed by atoms with E-state index in [1.54, 1.807) is 0 Å². The van der Waals surface area contributed by atoms with Crippen LogP contribution in [0.4, 0.5) is 18.9 Å². The maximum Gasteiger partial charge on any atom is 0.573 e. The molecule has 0 unspecified atom stereocenters. The number of carbonyl (C=O) groups is 1. The molecule has 148 valence electrons. The van der Waals surface area contributed by atoms with E-state index in [-0.39, 0.29) is 30.5 Å². The van der Waals surface area contributed by atoms with Crippen molar-refractivity contribution in [1.29, 1.82) is 0 Å². The van der Waals surface area contributed by atoms with Crippen molar-refractivity contribution in [2.24, 2.45) is 0 Å². The molecular weight excluding hydrogens is 381 g/mol. The van der Waals surface area contributed by atoms with E-state index in [4.69, 9.17) is 0 Å². The fourth-order valence-corrected chi connectivity index (χ4v) is 2.38. The van der Waals surface area contributed by atoms with Gasteiger partial charge in [-0.2, -0.15) is 0 Å². The molecule has 0 aliphatic carbocycles. The van der Waals surface area contributed by atoms with Crippen molar-refractivity contribution < 1.29 is 22.7 Å². The summed E-state index contributed by atoms with van der Waals surface area (Å²) in [5, 5.41) is 6.09. The summed E-state index contributed by atoms with van der Waals surface area (Å²) in [5.74, 6) is -0.424. The average molecular weight is 403 g/mol. The van der Waals surface area contributed by atoms with E-state index in [2.05, 4.69) is 15.4 Å². The zero-order valence-electron chi connectivity index (χ0n) is 14.8. The number of hydrogen-bond donors (Lipinski definition) is 2.